The molecule has 1 aliphatic heterocycles. The smallest absolute Gasteiger partial charge is 0.326 e. The van der Waals surface area contributed by atoms with E-state index in [0.29, 0.717) is 24.2 Å². The van der Waals surface area contributed by atoms with E-state index in [-0.39, 0.29) is 114 Å². The van der Waals surface area contributed by atoms with E-state index < -0.39 is 173 Å². The molecule has 1 aliphatic rings. The molecule has 1 saturated heterocycles. The average Bonchev–Trinajstić information content (AvgIpc) is 0.884. The van der Waals surface area contributed by atoms with E-state index in [1.54, 1.807) is 54.5 Å². The van der Waals surface area contributed by atoms with E-state index >= 15 is 9.59 Å². The number of nitrogens with one attached hydrogen (secondary N) is 5. The number of allylic oxidation sites excluding steroid dienone is 2. The van der Waals surface area contributed by atoms with Crippen LogP contribution in [0.2, 0.25) is 0 Å². The van der Waals surface area contributed by atoms with E-state index in [2.05, 4.69) is 41.9 Å². The fourth-order valence-corrected chi connectivity index (χ4v) is 16.5. The number of fused-ring (bicyclic) bond motifs is 1. The van der Waals surface area contributed by atoms with Gasteiger partial charge in [-0.3, -0.25) is 62.3 Å². The Hall–Kier alpha value is -12.8. The Morgan fingerprint density at radius 2 is 1.06 bits per heavy atom. The highest BCUT2D eigenvalue weighted by Crippen LogP contribution is 2.36. The number of aromatic hydroxyl groups is 4. The van der Waals surface area contributed by atoms with Gasteiger partial charge in [-0.15, -0.1) is 10.2 Å². The number of carbonyl (C=O) groups excluding carboxylic acids is 12. The largest absolute Gasteiger partial charge is 0.508 e. The summed E-state index contributed by atoms with van der Waals surface area (Å²) >= 11 is 0. The van der Waals surface area contributed by atoms with Crippen LogP contribution < -0.4 is 26.7 Å². The van der Waals surface area contributed by atoms with Crippen molar-refractivity contribution in [1.82, 2.24) is 81.1 Å². The molecule has 1 fully saturated rings. The lowest BCUT2D eigenvalue weighted by atomic mass is 9.91. The number of rotatable bonds is 26. The molecule has 0 aliphatic carbocycles. The standard InChI is InChI=1S/C62H111N11O12.C24H29N5O3.C15H10O6/c1-25-27-28-40(15)52(75)51-56(79)65-43(26-2)58(81)67(18)33-48(74)68(19)44(29-34(3)4)55(78)66-49(38(11)12)61(84)69(20)45(30-35(5)6)54(77)63-41(16)53(76)64-42(17)57(80)70(21)46(31-36(7)8)59(82)71(22)47(32-37(9)10)60(83)72(23)50(39(13)14)62(85)73(51)24;1-4-5-10-21(30)29(22(16(2)3)24(31)32)15-17-11-13-18(14-12-17)19-8-6-7-9-20(19)23-25-27-28-26-23;16-8-4-11(19)15-12(20)6-13(21-14(15)5-8)7-1-2-9(17)10(18)3-7/h25,27,34-47,49-52,75H,26,28-33H2,1-24H3,(H,63,77)(H,64,76)(H,65,79)(H,66,78);6-9,11-14,16,22H,4-5,10,15H2,1-3H3,(H,31,32)(H,25,26,27,28);1-6,16-19H/b27-25+;;/t40-,41+,42-,43+,44+,45+,46+,47+,49+,50+,51+,52-;22-;/m10./s1. The highest BCUT2D eigenvalue weighted by Gasteiger charge is 2.47. The summed E-state index contributed by atoms with van der Waals surface area (Å²) in [7, 11) is 9.92. The van der Waals surface area contributed by atoms with Crippen molar-refractivity contribution in [2.24, 2.45) is 47.3 Å². The highest BCUT2D eigenvalue weighted by atomic mass is 16.4. The summed E-state index contributed by atoms with van der Waals surface area (Å²) in [4.78, 5) is 207. The second-order valence-corrected chi connectivity index (χ2v) is 38.7. The van der Waals surface area contributed by atoms with Crippen molar-refractivity contribution in [2.75, 3.05) is 55.9 Å². The van der Waals surface area contributed by atoms with Crippen LogP contribution in [0, 0.1) is 47.3 Å². The number of tetrazole rings is 1. The molecule has 11 N–H and O–H groups in total. The number of hydrogen-bond donors (Lipinski definition) is 11. The third kappa shape index (κ3) is 31.3. The molecule has 7 rings (SSSR count). The van der Waals surface area contributed by atoms with Crippen molar-refractivity contribution < 1.29 is 97.4 Å². The number of phenolic OH excluding ortho intramolecular Hbond substituents is 4. The topological polar surface area (TPSA) is 502 Å². The maximum Gasteiger partial charge on any atom is 0.326 e. The van der Waals surface area contributed by atoms with Gasteiger partial charge in [-0.05, 0) is 153 Å². The number of unbranched alkanes of at least 4 members (excludes halogenated alkanes) is 1. The summed E-state index contributed by atoms with van der Waals surface area (Å²) in [6.07, 6.45) is 5.02. The van der Waals surface area contributed by atoms with E-state index in [1.165, 1.54) is 117 Å². The second-order valence-electron chi connectivity index (χ2n) is 38.7. The minimum absolute atomic E-state index is 0.0163. The Morgan fingerprint density at radius 1 is 0.536 bits per heavy atom. The van der Waals surface area contributed by atoms with Gasteiger partial charge >= 0.3 is 5.97 Å². The van der Waals surface area contributed by atoms with Crippen LogP contribution in [0.1, 0.15) is 202 Å². The van der Waals surface area contributed by atoms with Gasteiger partial charge in [0, 0.05) is 91.6 Å². The van der Waals surface area contributed by atoms with Crippen molar-refractivity contribution in [3.8, 4) is 56.8 Å². The number of nitrogens with zero attached hydrogens (tertiary/aromatic N) is 11. The average molecular weight is 1920 g/mol. The van der Waals surface area contributed by atoms with Gasteiger partial charge in [0.25, 0.3) is 0 Å². The van der Waals surface area contributed by atoms with Crippen LogP contribution in [0.3, 0.4) is 0 Å². The van der Waals surface area contributed by atoms with Crippen LogP contribution in [0.4, 0.5) is 0 Å². The number of aromatic amines is 1. The van der Waals surface area contributed by atoms with Gasteiger partial charge in [0.1, 0.15) is 94.7 Å². The van der Waals surface area contributed by atoms with Crippen LogP contribution in [0.25, 0.3) is 44.8 Å². The molecule has 37 heteroatoms. The zero-order chi connectivity index (χ0) is 104. The van der Waals surface area contributed by atoms with Gasteiger partial charge in [0.2, 0.25) is 76.7 Å². The number of aliphatic hydroxyl groups is 1. The number of amides is 12. The van der Waals surface area contributed by atoms with E-state index in [9.17, 15) is 88.2 Å². The maximum atomic E-state index is 15.1. The van der Waals surface area contributed by atoms with Gasteiger partial charge in [-0.25, -0.2) is 4.79 Å². The summed E-state index contributed by atoms with van der Waals surface area (Å²) in [5.74, 6) is -11.6. The SMILES string of the molecule is C/C=C/C[C@@H](C)[C@@H](O)[C@H]1C(=O)N[C@@H](CC)C(=O)N(C)CC(=O)N(C)[C@@H](CC(C)C)C(=O)N[C@@H](C(C)C)C(=O)N(C)[C@@H](CC(C)C)C(=O)N[C@@H](C)C(=O)N[C@H](C)C(=O)N(C)[C@@H](CC(C)C)C(=O)N(C)[C@@H](CC(C)C)C(=O)N(C)[C@@H](C(C)C)C(=O)N1C.CCCCC(=O)N(Cc1ccc(-c2ccccc2-c2nn[nH]n2)cc1)[C@H](C(=O)O)C(C)C.O=c1cc(-c2ccc(O)c(O)c2)oc2cc(O)cc(O)c12. The lowest BCUT2D eigenvalue weighted by molar-refractivity contribution is -0.157. The number of carboxylic acids is 1. The fraction of sp³-hybridized carbons (Fsp3) is 0.574. The number of carboxylic acid groups (broad SMARTS) is 1. The van der Waals surface area contributed by atoms with Gasteiger partial charge in [0.05, 0.1) is 12.6 Å². The fourth-order valence-electron chi connectivity index (χ4n) is 16.5. The summed E-state index contributed by atoms with van der Waals surface area (Å²) in [5.41, 5.74) is 3.56. The number of benzene rings is 4. The lowest BCUT2D eigenvalue weighted by Gasteiger charge is -2.41. The van der Waals surface area contributed by atoms with E-state index in [1.807, 2.05) is 131 Å². The molecular weight excluding hydrogens is 1770 g/mol. The van der Waals surface area contributed by atoms with Crippen LogP contribution in [0.5, 0.6) is 23.0 Å². The molecule has 2 aromatic heterocycles. The number of aromatic nitrogens is 4. The van der Waals surface area contributed by atoms with E-state index in [4.69, 9.17) is 4.42 Å². The molecule has 13 atom stereocenters. The Bertz CT molecular complexity index is 5230. The summed E-state index contributed by atoms with van der Waals surface area (Å²) in [6, 6.07) is 9.76. The first-order valence-electron chi connectivity index (χ1n) is 47.4. The molecule has 760 valence electrons. The van der Waals surface area contributed by atoms with Gasteiger partial charge in [0.15, 0.2) is 16.9 Å². The van der Waals surface area contributed by atoms with Crippen LogP contribution in [0.15, 0.2) is 106 Å². The molecule has 0 radical (unpaired) electrons. The third-order valence-electron chi connectivity index (χ3n) is 24.5. The Kier molecular flexibility index (Phi) is 44.6. The molecule has 0 bridgehead atoms. The first kappa shape index (κ1) is 116. The number of hydrogen-bond acceptors (Lipinski definition) is 23. The number of phenols is 4. The molecule has 12 amide bonds. The summed E-state index contributed by atoms with van der Waals surface area (Å²) < 4.78 is 5.47. The lowest BCUT2D eigenvalue weighted by Crippen LogP contribution is -2.63. The van der Waals surface area contributed by atoms with Gasteiger partial charge in [-0.2, -0.15) is 5.21 Å². The number of likely N-dealkylation sites (N-methyl/N-ethyl adjacent to an activating group) is 7. The van der Waals surface area contributed by atoms with Crippen molar-refractivity contribution in [3.05, 3.63) is 113 Å². The Labute approximate surface area is 810 Å². The molecule has 3 heterocycles. The third-order valence-corrected chi connectivity index (χ3v) is 24.5. The number of aliphatic hydroxyl groups excluding tert-OH is 1. The van der Waals surface area contributed by atoms with Crippen molar-refractivity contribution in [2.45, 2.75) is 275 Å². The second kappa shape index (κ2) is 53.2. The zero-order valence-corrected chi connectivity index (χ0v) is 85.3. The maximum absolute atomic E-state index is 15.1. The Balaban J connectivity index is 0.000000502. The molecule has 4 aromatic carbocycles. The minimum Gasteiger partial charge on any atom is -0.508 e. The summed E-state index contributed by atoms with van der Waals surface area (Å²) in [6.45, 7) is 35.3. The van der Waals surface area contributed by atoms with Crippen molar-refractivity contribution in [3.63, 3.8) is 0 Å². The molecular formula is C101H150N16O21. The normalized spacial score (nSPS) is 21.0. The molecule has 6 aromatic rings. The van der Waals surface area contributed by atoms with Crippen LogP contribution >= 0.6 is 0 Å². The van der Waals surface area contributed by atoms with E-state index in [0.717, 1.165) is 57.0 Å². The Morgan fingerprint density at radius 3 is 1.57 bits per heavy atom. The monoisotopic (exact) mass is 1920 g/mol. The highest BCUT2D eigenvalue weighted by molar-refractivity contribution is 6.00. The van der Waals surface area contributed by atoms with Crippen molar-refractivity contribution in [1.29, 1.82) is 0 Å². The van der Waals surface area contributed by atoms with Gasteiger partial charge in [-0.1, -0.05) is 185 Å². The molecule has 0 spiro atoms. The van der Waals surface area contributed by atoms with Gasteiger partial charge < -0.3 is 95.5 Å². The first-order chi connectivity index (χ1) is 64.6. The quantitative estimate of drug-likeness (QED) is 0.0178. The zero-order valence-electron chi connectivity index (χ0n) is 85.3. The predicted octanol–water partition coefficient (Wildman–Crippen LogP) is 9.71. The molecule has 37 nitrogen and oxygen atoms in total. The van der Waals surface area contributed by atoms with Crippen LogP contribution in [-0.2, 0) is 68.9 Å². The molecule has 0 saturated carbocycles. The van der Waals surface area contributed by atoms with Crippen molar-refractivity contribution >= 4 is 87.8 Å². The molecule has 138 heavy (non-hydrogen) atoms. The number of aliphatic carboxylic acids is 1. The van der Waals surface area contributed by atoms with Crippen LogP contribution in [-0.4, -0.2) is 296 Å². The first-order valence-corrected chi connectivity index (χ1v) is 47.4. The molecule has 0 unspecified atom stereocenters. The number of carbonyl (C=O) groups is 13. The predicted molar refractivity (Wildman–Crippen MR) is 524 cm³/mol. The number of H-pyrrole nitrogens is 1. The minimum atomic E-state index is -1.61. The summed E-state index contributed by atoms with van der Waals surface area (Å²) in [5, 5.41) is 85.0.